The molecule has 1 N–H and O–H groups in total. The molecule has 20 heavy (non-hydrogen) atoms. The standard InChI is InChI=1S/C16H17Cl2NO/c1-3-19-10-12-4-5-15(6-11(12)2)20-16-8-13(17)7-14(18)9-16/h4-9,19H,3,10H2,1-2H3. The van der Waals surface area contributed by atoms with Crippen molar-refractivity contribution in [3.8, 4) is 11.5 Å². The molecule has 0 saturated heterocycles. The Hall–Kier alpha value is -1.22. The van der Waals surface area contributed by atoms with Crippen LogP contribution >= 0.6 is 23.2 Å². The fourth-order valence-electron chi connectivity index (χ4n) is 1.91. The summed E-state index contributed by atoms with van der Waals surface area (Å²) in [5.41, 5.74) is 2.46. The number of rotatable bonds is 5. The first-order chi connectivity index (χ1) is 9.58. The van der Waals surface area contributed by atoms with E-state index in [0.29, 0.717) is 15.8 Å². The van der Waals surface area contributed by atoms with Gasteiger partial charge in [0.15, 0.2) is 0 Å². The van der Waals surface area contributed by atoms with E-state index in [4.69, 9.17) is 27.9 Å². The van der Waals surface area contributed by atoms with E-state index in [2.05, 4.69) is 25.2 Å². The number of aryl methyl sites for hydroxylation is 1. The predicted molar refractivity (Wildman–Crippen MR) is 85.1 cm³/mol. The highest BCUT2D eigenvalue weighted by molar-refractivity contribution is 6.34. The SMILES string of the molecule is CCNCc1ccc(Oc2cc(Cl)cc(Cl)c2)cc1C. The Morgan fingerprint density at radius 2 is 1.70 bits per heavy atom. The fraction of sp³-hybridized carbons (Fsp3) is 0.250. The maximum atomic E-state index is 5.96. The molecule has 2 aromatic carbocycles. The van der Waals surface area contributed by atoms with E-state index in [9.17, 15) is 0 Å². The number of benzene rings is 2. The number of hydrogen-bond acceptors (Lipinski definition) is 2. The quantitative estimate of drug-likeness (QED) is 0.819. The highest BCUT2D eigenvalue weighted by Gasteiger charge is 2.04. The van der Waals surface area contributed by atoms with Crippen LogP contribution in [0.1, 0.15) is 18.1 Å². The van der Waals surface area contributed by atoms with E-state index >= 15 is 0 Å². The van der Waals surface area contributed by atoms with Crippen molar-refractivity contribution in [2.75, 3.05) is 6.54 Å². The van der Waals surface area contributed by atoms with Crippen LogP contribution in [-0.2, 0) is 6.54 Å². The van der Waals surface area contributed by atoms with Gasteiger partial charge in [0.1, 0.15) is 11.5 Å². The van der Waals surface area contributed by atoms with E-state index in [1.807, 2.05) is 12.1 Å². The van der Waals surface area contributed by atoms with Crippen molar-refractivity contribution in [1.29, 1.82) is 0 Å². The second-order valence-corrected chi connectivity index (χ2v) is 5.45. The third-order valence-corrected chi connectivity index (χ3v) is 3.39. The average Bonchev–Trinajstić information content (AvgIpc) is 2.36. The van der Waals surface area contributed by atoms with Gasteiger partial charge in [-0.1, -0.05) is 36.2 Å². The largest absolute Gasteiger partial charge is 0.457 e. The molecule has 0 bridgehead atoms. The number of nitrogens with one attached hydrogen (secondary N) is 1. The third kappa shape index (κ3) is 4.14. The Labute approximate surface area is 129 Å². The van der Waals surface area contributed by atoms with Gasteiger partial charge >= 0.3 is 0 Å². The summed E-state index contributed by atoms with van der Waals surface area (Å²) in [5, 5.41) is 4.44. The lowest BCUT2D eigenvalue weighted by molar-refractivity contribution is 0.482. The topological polar surface area (TPSA) is 21.3 Å². The van der Waals surface area contributed by atoms with Gasteiger partial charge in [-0.05, 0) is 54.9 Å². The molecule has 106 valence electrons. The molecule has 2 aromatic rings. The summed E-state index contributed by atoms with van der Waals surface area (Å²) in [6.07, 6.45) is 0. The van der Waals surface area contributed by atoms with Crippen LogP contribution in [0.25, 0.3) is 0 Å². The molecule has 0 saturated carbocycles. The van der Waals surface area contributed by atoms with Gasteiger partial charge in [-0.2, -0.15) is 0 Å². The van der Waals surface area contributed by atoms with Crippen LogP contribution in [0.5, 0.6) is 11.5 Å². The van der Waals surface area contributed by atoms with Crippen LogP contribution in [0.3, 0.4) is 0 Å². The minimum Gasteiger partial charge on any atom is -0.457 e. The van der Waals surface area contributed by atoms with Crippen molar-refractivity contribution in [2.45, 2.75) is 20.4 Å². The first kappa shape index (κ1) is 15.2. The van der Waals surface area contributed by atoms with Crippen molar-refractivity contribution in [2.24, 2.45) is 0 Å². The molecule has 0 heterocycles. The predicted octanol–water partition coefficient (Wildman–Crippen LogP) is 5.20. The Morgan fingerprint density at radius 3 is 2.30 bits per heavy atom. The molecule has 0 aliphatic carbocycles. The summed E-state index contributed by atoms with van der Waals surface area (Å²) < 4.78 is 5.79. The van der Waals surface area contributed by atoms with Gasteiger partial charge in [-0.15, -0.1) is 0 Å². The molecule has 0 radical (unpaired) electrons. The van der Waals surface area contributed by atoms with Crippen LogP contribution in [0.15, 0.2) is 36.4 Å². The van der Waals surface area contributed by atoms with Gasteiger partial charge in [-0.3, -0.25) is 0 Å². The number of halogens is 2. The van der Waals surface area contributed by atoms with E-state index in [1.54, 1.807) is 18.2 Å². The first-order valence-electron chi connectivity index (χ1n) is 6.52. The van der Waals surface area contributed by atoms with Crippen LogP contribution in [0.2, 0.25) is 10.0 Å². The molecular formula is C16H17Cl2NO. The zero-order valence-electron chi connectivity index (χ0n) is 11.5. The smallest absolute Gasteiger partial charge is 0.130 e. The van der Waals surface area contributed by atoms with Crippen molar-refractivity contribution in [3.05, 3.63) is 57.6 Å². The normalized spacial score (nSPS) is 10.6. The summed E-state index contributed by atoms with van der Waals surface area (Å²) in [6.45, 7) is 5.99. The maximum absolute atomic E-state index is 5.96. The molecule has 0 atom stereocenters. The summed E-state index contributed by atoms with van der Waals surface area (Å²) in [6, 6.07) is 11.2. The molecule has 0 unspecified atom stereocenters. The molecule has 0 aromatic heterocycles. The van der Waals surface area contributed by atoms with Crippen molar-refractivity contribution in [3.63, 3.8) is 0 Å². The summed E-state index contributed by atoms with van der Waals surface area (Å²) >= 11 is 11.9. The molecule has 0 amide bonds. The Morgan fingerprint density at radius 1 is 1.00 bits per heavy atom. The van der Waals surface area contributed by atoms with Gasteiger partial charge in [0.25, 0.3) is 0 Å². The van der Waals surface area contributed by atoms with Gasteiger partial charge in [-0.25, -0.2) is 0 Å². The van der Waals surface area contributed by atoms with Gasteiger partial charge in [0, 0.05) is 16.6 Å². The maximum Gasteiger partial charge on any atom is 0.130 e. The Kier molecular flexibility index (Phi) is 5.30. The molecule has 0 aliphatic heterocycles. The summed E-state index contributed by atoms with van der Waals surface area (Å²) in [5.74, 6) is 1.42. The van der Waals surface area contributed by atoms with Crippen LogP contribution in [0.4, 0.5) is 0 Å². The van der Waals surface area contributed by atoms with Crippen LogP contribution in [0, 0.1) is 6.92 Å². The fourth-order valence-corrected chi connectivity index (χ4v) is 2.42. The second-order valence-electron chi connectivity index (χ2n) is 4.58. The molecule has 0 spiro atoms. The lowest BCUT2D eigenvalue weighted by Crippen LogP contribution is -2.12. The number of ether oxygens (including phenoxy) is 1. The van der Waals surface area contributed by atoms with Gasteiger partial charge < -0.3 is 10.1 Å². The first-order valence-corrected chi connectivity index (χ1v) is 7.28. The monoisotopic (exact) mass is 309 g/mol. The Balaban J connectivity index is 2.15. The minimum absolute atomic E-state index is 0.563. The highest BCUT2D eigenvalue weighted by atomic mass is 35.5. The molecule has 0 fully saturated rings. The Bertz CT molecular complexity index is 579. The molecule has 2 rings (SSSR count). The van der Waals surface area contributed by atoms with Crippen LogP contribution < -0.4 is 10.1 Å². The van der Waals surface area contributed by atoms with Crippen molar-refractivity contribution in [1.82, 2.24) is 5.32 Å². The van der Waals surface area contributed by atoms with Gasteiger partial charge in [0.05, 0.1) is 0 Å². The minimum atomic E-state index is 0.563. The molecular weight excluding hydrogens is 293 g/mol. The molecule has 0 aliphatic rings. The molecule has 2 nitrogen and oxygen atoms in total. The zero-order chi connectivity index (χ0) is 14.5. The van der Waals surface area contributed by atoms with Crippen LogP contribution in [-0.4, -0.2) is 6.54 Å². The van der Waals surface area contributed by atoms with E-state index in [0.717, 1.165) is 18.8 Å². The van der Waals surface area contributed by atoms with E-state index in [-0.39, 0.29) is 0 Å². The lowest BCUT2D eigenvalue weighted by Gasteiger charge is -2.11. The second kappa shape index (κ2) is 6.98. The molecule has 4 heteroatoms. The lowest BCUT2D eigenvalue weighted by atomic mass is 10.1. The average molecular weight is 310 g/mol. The van der Waals surface area contributed by atoms with Gasteiger partial charge in [0.2, 0.25) is 0 Å². The highest BCUT2D eigenvalue weighted by Crippen LogP contribution is 2.29. The summed E-state index contributed by atoms with van der Waals surface area (Å²) in [4.78, 5) is 0. The number of hydrogen-bond donors (Lipinski definition) is 1. The van der Waals surface area contributed by atoms with Crippen molar-refractivity contribution >= 4 is 23.2 Å². The summed E-state index contributed by atoms with van der Waals surface area (Å²) in [7, 11) is 0. The third-order valence-electron chi connectivity index (χ3n) is 2.95. The van der Waals surface area contributed by atoms with E-state index < -0.39 is 0 Å². The van der Waals surface area contributed by atoms with Crippen molar-refractivity contribution < 1.29 is 4.74 Å². The van der Waals surface area contributed by atoms with E-state index in [1.165, 1.54) is 11.1 Å². The zero-order valence-corrected chi connectivity index (χ0v) is 13.1.